The molecule has 0 unspecified atom stereocenters. The van der Waals surface area contributed by atoms with E-state index in [1.807, 2.05) is 5.38 Å². The molecule has 1 aliphatic rings. The van der Waals surface area contributed by atoms with Crippen molar-refractivity contribution in [3.05, 3.63) is 27.1 Å². The topological polar surface area (TPSA) is 43.4 Å². The van der Waals surface area contributed by atoms with Crippen LogP contribution in [-0.4, -0.2) is 11.0 Å². The van der Waals surface area contributed by atoms with E-state index >= 15 is 0 Å². The number of carbonyl (C=O) groups excluding carboxylic acids is 1. The lowest BCUT2D eigenvalue weighted by Crippen LogP contribution is -2.15. The van der Waals surface area contributed by atoms with Gasteiger partial charge in [0.05, 0.1) is 5.56 Å². The van der Waals surface area contributed by atoms with Crippen LogP contribution in [0.1, 0.15) is 15.2 Å². The number of rotatable bonds is 0. The largest absolute Gasteiger partial charge is 0.756 e. The van der Waals surface area contributed by atoms with E-state index in [4.69, 9.17) is 0 Å². The number of thiophene rings is 1. The standard InChI is InChI=1S/C6H4NO2S/c8-6-4-1-2-10-5(4)3-7(6)9/h1-2H,3H2/q-1. The molecule has 1 aromatic rings. The number of fused-ring (bicyclic) bond motifs is 1. The Labute approximate surface area is 61.5 Å². The van der Waals surface area contributed by atoms with E-state index in [9.17, 15) is 10.0 Å². The summed E-state index contributed by atoms with van der Waals surface area (Å²) in [7, 11) is 0. The van der Waals surface area contributed by atoms with Gasteiger partial charge in [0.25, 0.3) is 0 Å². The molecule has 0 aliphatic carbocycles. The number of hydrogen-bond acceptors (Lipinski definition) is 3. The summed E-state index contributed by atoms with van der Waals surface area (Å²) in [6.45, 7) is 0.242. The first kappa shape index (κ1) is 5.88. The lowest BCUT2D eigenvalue weighted by Gasteiger charge is -2.20. The molecule has 10 heavy (non-hydrogen) atoms. The molecule has 1 aliphatic heterocycles. The van der Waals surface area contributed by atoms with Crippen molar-refractivity contribution in [3.8, 4) is 0 Å². The minimum absolute atomic E-state index is 0.242. The second kappa shape index (κ2) is 1.81. The van der Waals surface area contributed by atoms with Crippen molar-refractivity contribution in [1.82, 2.24) is 5.06 Å². The van der Waals surface area contributed by atoms with Crippen LogP contribution in [0.2, 0.25) is 0 Å². The van der Waals surface area contributed by atoms with Crippen molar-refractivity contribution in [2.45, 2.75) is 6.54 Å². The van der Waals surface area contributed by atoms with Gasteiger partial charge in [-0.3, -0.25) is 4.79 Å². The van der Waals surface area contributed by atoms with Gasteiger partial charge in [0.15, 0.2) is 0 Å². The highest BCUT2D eigenvalue weighted by molar-refractivity contribution is 7.10. The second-order valence-corrected chi connectivity index (χ2v) is 3.10. The molecule has 1 amide bonds. The van der Waals surface area contributed by atoms with Gasteiger partial charge < -0.3 is 10.3 Å². The number of hydrogen-bond donors (Lipinski definition) is 0. The summed E-state index contributed by atoms with van der Waals surface area (Å²) < 4.78 is 0. The van der Waals surface area contributed by atoms with Gasteiger partial charge in [-0.05, 0) is 11.4 Å². The summed E-state index contributed by atoms with van der Waals surface area (Å²) in [5, 5.41) is 13.0. The summed E-state index contributed by atoms with van der Waals surface area (Å²) >= 11 is 1.46. The summed E-state index contributed by atoms with van der Waals surface area (Å²) in [6.07, 6.45) is 0. The predicted molar refractivity (Wildman–Crippen MR) is 37.6 cm³/mol. The minimum atomic E-state index is -0.392. The number of nitrogens with zero attached hydrogens (tertiary/aromatic N) is 1. The van der Waals surface area contributed by atoms with Crippen molar-refractivity contribution >= 4 is 17.2 Å². The zero-order valence-corrected chi connectivity index (χ0v) is 5.85. The predicted octanol–water partition coefficient (Wildman–Crippen LogP) is 1.20. The maximum atomic E-state index is 10.9. The highest BCUT2D eigenvalue weighted by atomic mass is 32.1. The van der Waals surface area contributed by atoms with Crippen LogP contribution in [0, 0.1) is 5.21 Å². The Morgan fingerprint density at radius 2 is 2.50 bits per heavy atom. The molecule has 4 heteroatoms. The molecule has 0 spiro atoms. The maximum absolute atomic E-state index is 10.9. The number of hydroxylamine groups is 2. The molecular weight excluding hydrogens is 150 g/mol. The Hall–Kier alpha value is -0.870. The van der Waals surface area contributed by atoms with Crippen LogP contribution >= 0.6 is 11.3 Å². The summed E-state index contributed by atoms with van der Waals surface area (Å²) in [6, 6.07) is 1.69. The fraction of sp³-hybridized carbons (Fsp3) is 0.167. The van der Waals surface area contributed by atoms with Crippen LogP contribution in [0.5, 0.6) is 0 Å². The molecule has 2 rings (SSSR count). The molecular formula is C6H4NO2S-. The van der Waals surface area contributed by atoms with Gasteiger partial charge in [0.1, 0.15) is 0 Å². The van der Waals surface area contributed by atoms with Crippen LogP contribution in [0.15, 0.2) is 11.4 Å². The van der Waals surface area contributed by atoms with Gasteiger partial charge in [0.2, 0.25) is 5.91 Å². The highest BCUT2D eigenvalue weighted by Crippen LogP contribution is 2.26. The Morgan fingerprint density at radius 3 is 3.20 bits per heavy atom. The highest BCUT2D eigenvalue weighted by Gasteiger charge is 2.21. The molecule has 0 aromatic carbocycles. The van der Waals surface area contributed by atoms with Crippen LogP contribution in [-0.2, 0) is 6.54 Å². The number of carbonyl (C=O) groups is 1. The van der Waals surface area contributed by atoms with E-state index in [1.54, 1.807) is 6.07 Å². The summed E-state index contributed by atoms with van der Waals surface area (Å²) in [5.41, 5.74) is 0.583. The SMILES string of the molecule is O=C1c2ccsc2CN1[O-]. The average Bonchev–Trinajstić information content (AvgIpc) is 2.41. The maximum Gasteiger partial charge on any atom is 0.244 e. The van der Waals surface area contributed by atoms with E-state index < -0.39 is 5.91 Å². The molecule has 52 valence electrons. The van der Waals surface area contributed by atoms with Crippen molar-refractivity contribution in [2.24, 2.45) is 0 Å². The number of amides is 1. The van der Waals surface area contributed by atoms with Gasteiger partial charge in [-0.25, -0.2) is 0 Å². The Bertz CT molecular complexity index is 281. The Morgan fingerprint density at radius 1 is 1.70 bits per heavy atom. The molecule has 3 nitrogen and oxygen atoms in total. The smallest absolute Gasteiger partial charge is 0.244 e. The first-order valence-electron chi connectivity index (χ1n) is 2.84. The lowest BCUT2D eigenvalue weighted by molar-refractivity contribution is 0.0842. The van der Waals surface area contributed by atoms with Crippen LogP contribution in [0.3, 0.4) is 0 Å². The molecule has 0 bridgehead atoms. The first-order valence-corrected chi connectivity index (χ1v) is 3.72. The van der Waals surface area contributed by atoms with Gasteiger partial charge in [-0.1, -0.05) is 0 Å². The summed E-state index contributed by atoms with van der Waals surface area (Å²) in [4.78, 5) is 11.8. The fourth-order valence-electron chi connectivity index (χ4n) is 0.990. The molecule has 0 saturated carbocycles. The molecule has 0 atom stereocenters. The van der Waals surface area contributed by atoms with Crippen molar-refractivity contribution in [3.63, 3.8) is 0 Å². The molecule has 0 fully saturated rings. The third kappa shape index (κ3) is 0.600. The molecule has 0 saturated heterocycles. The van der Waals surface area contributed by atoms with E-state index in [1.165, 1.54) is 11.3 Å². The van der Waals surface area contributed by atoms with Crippen LogP contribution in [0.25, 0.3) is 0 Å². The van der Waals surface area contributed by atoms with Crippen molar-refractivity contribution in [1.29, 1.82) is 0 Å². The second-order valence-electron chi connectivity index (χ2n) is 2.10. The molecule has 2 heterocycles. The normalized spacial score (nSPS) is 16.1. The Balaban J connectivity index is 2.53. The fourth-order valence-corrected chi connectivity index (χ4v) is 1.83. The van der Waals surface area contributed by atoms with Gasteiger partial charge >= 0.3 is 0 Å². The monoisotopic (exact) mass is 154 g/mol. The zero-order chi connectivity index (χ0) is 7.14. The van der Waals surface area contributed by atoms with Crippen molar-refractivity contribution < 1.29 is 4.79 Å². The minimum Gasteiger partial charge on any atom is -0.756 e. The molecule has 0 radical (unpaired) electrons. The van der Waals surface area contributed by atoms with Crippen LogP contribution < -0.4 is 0 Å². The van der Waals surface area contributed by atoms with E-state index in [2.05, 4.69) is 0 Å². The average molecular weight is 154 g/mol. The van der Waals surface area contributed by atoms with E-state index in [-0.39, 0.29) is 6.54 Å². The first-order chi connectivity index (χ1) is 4.79. The third-order valence-corrected chi connectivity index (χ3v) is 2.40. The zero-order valence-electron chi connectivity index (χ0n) is 5.03. The quantitative estimate of drug-likeness (QED) is 0.563. The van der Waals surface area contributed by atoms with Gasteiger partial charge in [-0.2, -0.15) is 0 Å². The Kier molecular flexibility index (Phi) is 1.06. The van der Waals surface area contributed by atoms with Gasteiger partial charge in [0, 0.05) is 11.4 Å². The summed E-state index contributed by atoms with van der Waals surface area (Å²) in [5.74, 6) is -0.392. The molecule has 0 N–H and O–H groups in total. The van der Waals surface area contributed by atoms with E-state index in [0.717, 1.165) is 4.88 Å². The van der Waals surface area contributed by atoms with Crippen molar-refractivity contribution in [2.75, 3.05) is 0 Å². The van der Waals surface area contributed by atoms with E-state index in [0.29, 0.717) is 10.6 Å². The molecule has 1 aromatic heterocycles. The van der Waals surface area contributed by atoms with Crippen LogP contribution in [0.4, 0.5) is 0 Å². The third-order valence-electron chi connectivity index (χ3n) is 1.49. The lowest BCUT2D eigenvalue weighted by atomic mass is 10.3. The van der Waals surface area contributed by atoms with Gasteiger partial charge in [-0.15, -0.1) is 11.3 Å².